The van der Waals surface area contributed by atoms with Gasteiger partial charge >= 0.3 is 0 Å². The van der Waals surface area contributed by atoms with Gasteiger partial charge in [0.25, 0.3) is 0 Å². The van der Waals surface area contributed by atoms with Gasteiger partial charge in [-0.1, -0.05) is 30.3 Å². The number of hydrogen-bond acceptors (Lipinski definition) is 3. The number of benzene rings is 2. The van der Waals surface area contributed by atoms with Crippen LogP contribution < -0.4 is 10.2 Å². The fourth-order valence-electron chi connectivity index (χ4n) is 3.05. The minimum Gasteiger partial charge on any atom is -0.378 e. The summed E-state index contributed by atoms with van der Waals surface area (Å²) in [6, 6.07) is 17.0. The molecule has 25 heavy (non-hydrogen) atoms. The normalized spacial score (nSPS) is 16.8. The number of anilines is 2. The molecule has 1 atom stereocenters. The molecule has 0 aromatic heterocycles. The zero-order valence-electron chi connectivity index (χ0n) is 14.6. The average Bonchev–Trinajstić information content (AvgIpc) is 2.97. The Bertz CT molecular complexity index is 741. The summed E-state index contributed by atoms with van der Waals surface area (Å²) in [5, 5.41) is 2.93. The lowest BCUT2D eigenvalue weighted by Crippen LogP contribution is -2.41. The van der Waals surface area contributed by atoms with Gasteiger partial charge in [-0.3, -0.25) is 9.59 Å². The maximum absolute atomic E-state index is 12.7. The molecule has 5 heteroatoms. The van der Waals surface area contributed by atoms with Crippen LogP contribution in [0.4, 0.5) is 11.4 Å². The van der Waals surface area contributed by atoms with E-state index in [4.69, 9.17) is 0 Å². The molecule has 0 radical (unpaired) electrons. The van der Waals surface area contributed by atoms with Crippen molar-refractivity contribution in [2.75, 3.05) is 24.3 Å². The van der Waals surface area contributed by atoms with Gasteiger partial charge in [-0.2, -0.15) is 0 Å². The maximum atomic E-state index is 12.7. The van der Waals surface area contributed by atoms with Crippen molar-refractivity contribution in [1.82, 2.24) is 4.90 Å². The quantitative estimate of drug-likeness (QED) is 0.913. The Morgan fingerprint density at radius 2 is 1.80 bits per heavy atom. The molecule has 2 aromatic carbocycles. The van der Waals surface area contributed by atoms with Gasteiger partial charge in [-0.25, -0.2) is 0 Å². The molecule has 3 rings (SSSR count). The molecule has 1 unspecified atom stereocenters. The number of nitrogens with zero attached hydrogens (tertiary/aromatic N) is 2. The topological polar surface area (TPSA) is 52.7 Å². The van der Waals surface area contributed by atoms with E-state index in [1.807, 2.05) is 73.6 Å². The van der Waals surface area contributed by atoms with Crippen LogP contribution in [0.2, 0.25) is 0 Å². The lowest BCUT2D eigenvalue weighted by molar-refractivity contribution is -0.133. The van der Waals surface area contributed by atoms with Gasteiger partial charge in [0.05, 0.1) is 0 Å². The summed E-state index contributed by atoms with van der Waals surface area (Å²) in [6.07, 6.45) is 0.984. The Kier molecular flexibility index (Phi) is 5.03. The van der Waals surface area contributed by atoms with Crippen molar-refractivity contribution in [1.29, 1.82) is 0 Å². The fraction of sp³-hybridized carbons (Fsp3) is 0.300. The Labute approximate surface area is 148 Å². The van der Waals surface area contributed by atoms with Crippen LogP contribution in [-0.4, -0.2) is 36.9 Å². The third-order valence-corrected chi connectivity index (χ3v) is 4.48. The molecule has 1 fully saturated rings. The van der Waals surface area contributed by atoms with E-state index in [2.05, 4.69) is 5.32 Å². The summed E-state index contributed by atoms with van der Waals surface area (Å²) in [4.78, 5) is 28.6. The van der Waals surface area contributed by atoms with Crippen molar-refractivity contribution in [3.63, 3.8) is 0 Å². The number of carbonyl (C=O) groups excluding carboxylic acids is 2. The van der Waals surface area contributed by atoms with E-state index < -0.39 is 6.04 Å². The van der Waals surface area contributed by atoms with Crippen LogP contribution in [0.5, 0.6) is 0 Å². The summed E-state index contributed by atoms with van der Waals surface area (Å²) in [6.45, 7) is 0.470. The first-order valence-corrected chi connectivity index (χ1v) is 8.46. The lowest BCUT2D eigenvalue weighted by atomic mass is 10.1. The van der Waals surface area contributed by atoms with Crippen molar-refractivity contribution in [2.24, 2.45) is 0 Å². The Hall–Kier alpha value is -2.82. The Balaban J connectivity index is 1.68. The standard InChI is InChI=1S/C20H23N3O2/c1-22(2)17-10-8-16(9-11-17)21-20(25)18-12-13-19(24)23(18)14-15-6-4-3-5-7-15/h3-11,18H,12-14H2,1-2H3,(H,21,25). The zero-order valence-corrected chi connectivity index (χ0v) is 14.6. The highest BCUT2D eigenvalue weighted by Gasteiger charge is 2.35. The highest BCUT2D eigenvalue weighted by atomic mass is 16.2. The molecule has 5 nitrogen and oxygen atoms in total. The van der Waals surface area contributed by atoms with Crippen molar-refractivity contribution in [3.8, 4) is 0 Å². The smallest absolute Gasteiger partial charge is 0.247 e. The van der Waals surface area contributed by atoms with Crippen LogP contribution in [0.25, 0.3) is 0 Å². The van der Waals surface area contributed by atoms with Gasteiger partial charge in [0.1, 0.15) is 6.04 Å². The van der Waals surface area contributed by atoms with Gasteiger partial charge in [0.15, 0.2) is 0 Å². The van der Waals surface area contributed by atoms with E-state index in [0.29, 0.717) is 19.4 Å². The second kappa shape index (κ2) is 7.38. The minimum absolute atomic E-state index is 0.0342. The van der Waals surface area contributed by atoms with E-state index in [0.717, 1.165) is 16.9 Å². The monoisotopic (exact) mass is 337 g/mol. The molecule has 0 aliphatic carbocycles. The molecular formula is C20H23N3O2. The summed E-state index contributed by atoms with van der Waals surface area (Å²) in [5.41, 5.74) is 2.85. The van der Waals surface area contributed by atoms with Gasteiger partial charge in [-0.05, 0) is 36.2 Å². The first-order chi connectivity index (χ1) is 12.0. The molecule has 0 bridgehead atoms. The number of carbonyl (C=O) groups is 2. The summed E-state index contributed by atoms with van der Waals surface area (Å²) in [5.74, 6) is -0.0913. The molecule has 1 aliphatic heterocycles. The molecule has 1 N–H and O–H groups in total. The molecule has 2 amide bonds. The molecule has 1 aliphatic rings. The molecule has 2 aromatic rings. The largest absolute Gasteiger partial charge is 0.378 e. The minimum atomic E-state index is -0.416. The molecule has 1 saturated heterocycles. The zero-order chi connectivity index (χ0) is 17.8. The molecule has 0 saturated carbocycles. The second-order valence-electron chi connectivity index (χ2n) is 6.49. The summed E-state index contributed by atoms with van der Waals surface area (Å²) in [7, 11) is 3.94. The van der Waals surface area contributed by atoms with Gasteiger partial charge in [0.2, 0.25) is 11.8 Å². The van der Waals surface area contributed by atoms with E-state index in [9.17, 15) is 9.59 Å². The summed E-state index contributed by atoms with van der Waals surface area (Å²) < 4.78 is 0. The molecule has 130 valence electrons. The highest BCUT2D eigenvalue weighted by molar-refractivity contribution is 5.99. The maximum Gasteiger partial charge on any atom is 0.247 e. The van der Waals surface area contributed by atoms with E-state index in [1.165, 1.54) is 0 Å². The SMILES string of the molecule is CN(C)c1ccc(NC(=O)C2CCC(=O)N2Cc2ccccc2)cc1. The number of nitrogens with one attached hydrogen (secondary N) is 1. The number of hydrogen-bond donors (Lipinski definition) is 1. The van der Waals surface area contributed by atoms with Gasteiger partial charge < -0.3 is 15.1 Å². The Morgan fingerprint density at radius 3 is 2.44 bits per heavy atom. The number of likely N-dealkylation sites (tertiary alicyclic amines) is 1. The lowest BCUT2D eigenvalue weighted by Gasteiger charge is -2.24. The highest BCUT2D eigenvalue weighted by Crippen LogP contribution is 2.23. The third kappa shape index (κ3) is 3.99. The summed E-state index contributed by atoms with van der Waals surface area (Å²) >= 11 is 0. The van der Waals surface area contributed by atoms with Crippen molar-refractivity contribution in [2.45, 2.75) is 25.4 Å². The van der Waals surface area contributed by atoms with Crippen molar-refractivity contribution >= 4 is 23.2 Å². The first-order valence-electron chi connectivity index (χ1n) is 8.46. The van der Waals surface area contributed by atoms with Crippen LogP contribution in [-0.2, 0) is 16.1 Å². The third-order valence-electron chi connectivity index (χ3n) is 4.48. The molecular weight excluding hydrogens is 314 g/mol. The van der Waals surface area contributed by atoms with Crippen LogP contribution in [0.1, 0.15) is 18.4 Å². The van der Waals surface area contributed by atoms with Crippen LogP contribution in [0, 0.1) is 0 Å². The van der Waals surface area contributed by atoms with Crippen LogP contribution in [0.3, 0.4) is 0 Å². The average molecular weight is 337 g/mol. The van der Waals surface area contributed by atoms with Crippen molar-refractivity contribution in [3.05, 3.63) is 60.2 Å². The van der Waals surface area contributed by atoms with Crippen molar-refractivity contribution < 1.29 is 9.59 Å². The molecule has 0 spiro atoms. The first kappa shape index (κ1) is 17.0. The number of amides is 2. The fourth-order valence-corrected chi connectivity index (χ4v) is 3.05. The van der Waals surface area contributed by atoms with E-state index in [1.54, 1.807) is 4.90 Å². The van der Waals surface area contributed by atoms with E-state index in [-0.39, 0.29) is 11.8 Å². The number of rotatable bonds is 5. The molecule has 1 heterocycles. The second-order valence-corrected chi connectivity index (χ2v) is 6.49. The van der Waals surface area contributed by atoms with Crippen LogP contribution >= 0.6 is 0 Å². The van der Waals surface area contributed by atoms with Gasteiger partial charge in [0, 0.05) is 38.4 Å². The van der Waals surface area contributed by atoms with Crippen LogP contribution in [0.15, 0.2) is 54.6 Å². The predicted octanol–water partition coefficient (Wildman–Crippen LogP) is 2.88. The van der Waals surface area contributed by atoms with E-state index >= 15 is 0 Å². The predicted molar refractivity (Wildman–Crippen MR) is 99.4 cm³/mol. The van der Waals surface area contributed by atoms with Gasteiger partial charge in [-0.15, -0.1) is 0 Å². The Morgan fingerprint density at radius 1 is 1.12 bits per heavy atom.